The predicted molar refractivity (Wildman–Crippen MR) is 110 cm³/mol. The van der Waals surface area contributed by atoms with Gasteiger partial charge >= 0.3 is 0 Å². The first-order valence-electron chi connectivity index (χ1n) is 8.73. The molecule has 1 amide bonds. The third-order valence-electron chi connectivity index (χ3n) is 3.76. The van der Waals surface area contributed by atoms with E-state index < -0.39 is 0 Å². The number of nitrogens with zero attached hydrogens (tertiary/aromatic N) is 3. The van der Waals surface area contributed by atoms with Crippen LogP contribution in [0, 0.1) is 0 Å². The zero-order valence-corrected chi connectivity index (χ0v) is 17.1. The Bertz CT molecular complexity index is 901. The van der Waals surface area contributed by atoms with Crippen molar-refractivity contribution in [1.82, 2.24) is 10.2 Å². The Morgan fingerprint density at radius 3 is 2.54 bits per heavy atom. The summed E-state index contributed by atoms with van der Waals surface area (Å²) in [5.41, 5.74) is 0.866. The van der Waals surface area contributed by atoms with Crippen molar-refractivity contribution < 1.29 is 13.9 Å². The SMILES string of the molecule is CC(C)N(C(=O)CSc1nnc(COc2ccc(Cl)cc2)o1)c1ccccc1. The van der Waals surface area contributed by atoms with Gasteiger partial charge in [-0.15, -0.1) is 10.2 Å². The molecule has 1 heterocycles. The Labute approximate surface area is 172 Å². The third-order valence-corrected chi connectivity index (χ3v) is 4.82. The highest BCUT2D eigenvalue weighted by molar-refractivity contribution is 7.99. The fourth-order valence-corrected chi connectivity index (χ4v) is 3.31. The lowest BCUT2D eigenvalue weighted by Crippen LogP contribution is -2.38. The molecular formula is C20H20ClN3O3S. The summed E-state index contributed by atoms with van der Waals surface area (Å²) in [6.07, 6.45) is 0. The minimum absolute atomic E-state index is 0.0247. The average Bonchev–Trinajstić information content (AvgIpc) is 3.14. The van der Waals surface area contributed by atoms with Crippen LogP contribution in [0.15, 0.2) is 64.2 Å². The van der Waals surface area contributed by atoms with Crippen molar-refractivity contribution in [3.8, 4) is 5.75 Å². The number of para-hydroxylation sites is 1. The predicted octanol–water partition coefficient (Wildman–Crippen LogP) is 4.84. The number of ether oxygens (including phenoxy) is 1. The number of amides is 1. The summed E-state index contributed by atoms with van der Waals surface area (Å²) in [4.78, 5) is 14.4. The van der Waals surface area contributed by atoms with Crippen molar-refractivity contribution in [2.24, 2.45) is 0 Å². The van der Waals surface area contributed by atoms with Gasteiger partial charge in [-0.1, -0.05) is 41.6 Å². The molecule has 0 unspecified atom stereocenters. The smallest absolute Gasteiger partial charge is 0.277 e. The van der Waals surface area contributed by atoms with Gasteiger partial charge in [0.15, 0.2) is 6.61 Å². The first-order chi connectivity index (χ1) is 13.5. The van der Waals surface area contributed by atoms with E-state index in [0.29, 0.717) is 21.9 Å². The lowest BCUT2D eigenvalue weighted by Gasteiger charge is -2.26. The molecule has 0 aliphatic rings. The van der Waals surface area contributed by atoms with E-state index in [4.69, 9.17) is 20.8 Å². The van der Waals surface area contributed by atoms with Gasteiger partial charge in [-0.3, -0.25) is 4.79 Å². The summed E-state index contributed by atoms with van der Waals surface area (Å²) in [6.45, 7) is 4.11. The molecule has 8 heteroatoms. The fourth-order valence-electron chi connectivity index (χ4n) is 2.54. The summed E-state index contributed by atoms with van der Waals surface area (Å²) in [5.74, 6) is 1.17. The molecule has 0 saturated carbocycles. The Morgan fingerprint density at radius 1 is 1.14 bits per heavy atom. The Kier molecular flexibility index (Phi) is 6.95. The average molecular weight is 418 g/mol. The topological polar surface area (TPSA) is 68.5 Å². The molecule has 0 N–H and O–H groups in total. The fraction of sp³-hybridized carbons (Fsp3) is 0.250. The Morgan fingerprint density at radius 2 is 1.86 bits per heavy atom. The van der Waals surface area contributed by atoms with E-state index in [0.717, 1.165) is 5.69 Å². The van der Waals surface area contributed by atoms with E-state index in [1.54, 1.807) is 29.2 Å². The highest BCUT2D eigenvalue weighted by Gasteiger charge is 2.20. The van der Waals surface area contributed by atoms with Crippen molar-refractivity contribution in [2.45, 2.75) is 31.7 Å². The van der Waals surface area contributed by atoms with Gasteiger partial charge in [-0.25, -0.2) is 0 Å². The van der Waals surface area contributed by atoms with Crippen LogP contribution in [0.1, 0.15) is 19.7 Å². The van der Waals surface area contributed by atoms with Crippen LogP contribution in [-0.2, 0) is 11.4 Å². The number of anilines is 1. The second kappa shape index (κ2) is 9.61. The normalized spacial score (nSPS) is 10.9. The molecule has 0 bridgehead atoms. The summed E-state index contributed by atoms with van der Waals surface area (Å²) in [7, 11) is 0. The van der Waals surface area contributed by atoms with Crippen molar-refractivity contribution in [2.75, 3.05) is 10.7 Å². The van der Waals surface area contributed by atoms with Gasteiger partial charge in [0.25, 0.3) is 11.1 Å². The molecule has 0 radical (unpaired) electrons. The van der Waals surface area contributed by atoms with E-state index >= 15 is 0 Å². The number of carbonyl (C=O) groups excluding carboxylic acids is 1. The van der Waals surface area contributed by atoms with E-state index in [1.807, 2.05) is 44.2 Å². The number of thioether (sulfide) groups is 1. The van der Waals surface area contributed by atoms with Gasteiger partial charge in [0, 0.05) is 16.8 Å². The first kappa shape index (κ1) is 20.2. The van der Waals surface area contributed by atoms with Gasteiger partial charge in [0.05, 0.1) is 5.75 Å². The van der Waals surface area contributed by atoms with Crippen molar-refractivity contribution in [3.63, 3.8) is 0 Å². The maximum absolute atomic E-state index is 12.7. The molecular weight excluding hydrogens is 398 g/mol. The minimum Gasteiger partial charge on any atom is -0.484 e. The molecule has 3 rings (SSSR count). The van der Waals surface area contributed by atoms with Crippen molar-refractivity contribution >= 4 is 35.0 Å². The summed E-state index contributed by atoms with van der Waals surface area (Å²) in [5, 5.41) is 8.89. The van der Waals surface area contributed by atoms with Crippen LogP contribution in [0.4, 0.5) is 5.69 Å². The molecule has 146 valence electrons. The zero-order valence-electron chi connectivity index (χ0n) is 15.5. The number of halogens is 1. The number of carbonyl (C=O) groups is 1. The molecule has 6 nitrogen and oxygen atoms in total. The van der Waals surface area contributed by atoms with Crippen LogP contribution >= 0.6 is 23.4 Å². The van der Waals surface area contributed by atoms with E-state index in [2.05, 4.69) is 10.2 Å². The molecule has 0 saturated heterocycles. The van der Waals surface area contributed by atoms with Crippen LogP contribution < -0.4 is 9.64 Å². The second-order valence-electron chi connectivity index (χ2n) is 6.19. The maximum Gasteiger partial charge on any atom is 0.277 e. The first-order valence-corrected chi connectivity index (χ1v) is 10.1. The molecule has 1 aromatic heterocycles. The quantitative estimate of drug-likeness (QED) is 0.488. The number of benzene rings is 2. The minimum atomic E-state index is -0.0247. The third kappa shape index (κ3) is 5.50. The van der Waals surface area contributed by atoms with Gasteiger partial charge in [-0.2, -0.15) is 0 Å². The number of aromatic nitrogens is 2. The number of rotatable bonds is 8. The van der Waals surface area contributed by atoms with Crippen LogP contribution in [0.25, 0.3) is 0 Å². The van der Waals surface area contributed by atoms with Gasteiger partial charge in [-0.05, 0) is 50.2 Å². The van der Waals surface area contributed by atoms with Crippen molar-refractivity contribution in [1.29, 1.82) is 0 Å². The maximum atomic E-state index is 12.7. The zero-order chi connectivity index (χ0) is 19.9. The molecule has 0 aliphatic heterocycles. The van der Waals surface area contributed by atoms with Crippen LogP contribution in [0.2, 0.25) is 5.02 Å². The highest BCUT2D eigenvalue weighted by Crippen LogP contribution is 2.22. The van der Waals surface area contributed by atoms with Gasteiger partial charge in [0.1, 0.15) is 5.75 Å². The molecule has 0 fully saturated rings. The summed E-state index contributed by atoms with van der Waals surface area (Å²) < 4.78 is 11.1. The number of hydrogen-bond donors (Lipinski definition) is 0. The summed E-state index contributed by atoms with van der Waals surface area (Å²) in [6, 6.07) is 16.6. The van der Waals surface area contributed by atoms with E-state index in [-0.39, 0.29) is 24.3 Å². The summed E-state index contributed by atoms with van der Waals surface area (Å²) >= 11 is 7.05. The molecule has 28 heavy (non-hydrogen) atoms. The van der Waals surface area contributed by atoms with Crippen molar-refractivity contribution in [3.05, 3.63) is 65.5 Å². The monoisotopic (exact) mass is 417 g/mol. The lowest BCUT2D eigenvalue weighted by atomic mass is 10.2. The molecule has 2 aromatic carbocycles. The van der Waals surface area contributed by atoms with Crippen LogP contribution in [-0.4, -0.2) is 27.9 Å². The van der Waals surface area contributed by atoms with Gasteiger partial charge < -0.3 is 14.1 Å². The van der Waals surface area contributed by atoms with Crippen LogP contribution in [0.3, 0.4) is 0 Å². The molecule has 0 aliphatic carbocycles. The Hall–Kier alpha value is -2.51. The Balaban J connectivity index is 1.54. The lowest BCUT2D eigenvalue weighted by molar-refractivity contribution is -0.116. The number of hydrogen-bond acceptors (Lipinski definition) is 6. The molecule has 0 atom stereocenters. The highest BCUT2D eigenvalue weighted by atomic mass is 35.5. The van der Waals surface area contributed by atoms with E-state index in [9.17, 15) is 4.79 Å². The standard InChI is InChI=1S/C20H20ClN3O3S/c1-14(2)24(16-6-4-3-5-7-16)19(25)13-28-20-23-22-18(27-20)12-26-17-10-8-15(21)9-11-17/h3-11,14H,12-13H2,1-2H3. The second-order valence-corrected chi connectivity index (χ2v) is 7.55. The largest absolute Gasteiger partial charge is 0.484 e. The molecule has 3 aromatic rings. The molecule has 0 spiro atoms. The van der Waals surface area contributed by atoms with Crippen LogP contribution in [0.5, 0.6) is 5.75 Å². The van der Waals surface area contributed by atoms with Gasteiger partial charge in [0.2, 0.25) is 5.91 Å². The van der Waals surface area contributed by atoms with E-state index in [1.165, 1.54) is 11.8 Å².